The van der Waals surface area contributed by atoms with Gasteiger partial charge < -0.3 is 10.6 Å². The van der Waals surface area contributed by atoms with Gasteiger partial charge in [0.2, 0.25) is 10.0 Å². The second-order valence-electron chi connectivity index (χ2n) is 6.97. The molecule has 10 heteroatoms. The number of nitrogens with zero attached hydrogens (tertiary/aromatic N) is 3. The number of sulfonamides is 1. The molecule has 3 N–H and O–H groups in total. The van der Waals surface area contributed by atoms with Crippen molar-refractivity contribution in [2.24, 2.45) is 0 Å². The van der Waals surface area contributed by atoms with Crippen LogP contribution in [0, 0.1) is 12.3 Å². The van der Waals surface area contributed by atoms with Gasteiger partial charge in [-0.2, -0.15) is 9.40 Å². The number of hydrogen-bond donors (Lipinski definition) is 3. The number of aromatic amines is 1. The predicted molar refractivity (Wildman–Crippen MR) is 115 cm³/mol. The van der Waals surface area contributed by atoms with Crippen molar-refractivity contribution in [2.75, 3.05) is 26.7 Å². The zero-order chi connectivity index (χ0) is 21.7. The van der Waals surface area contributed by atoms with Crippen LogP contribution in [0.4, 0.5) is 0 Å². The summed E-state index contributed by atoms with van der Waals surface area (Å²) in [5.41, 5.74) is 1.42. The summed E-state index contributed by atoms with van der Waals surface area (Å²) in [6.45, 7) is 2.56. The summed E-state index contributed by atoms with van der Waals surface area (Å²) in [6, 6.07) is 1.83. The molecule has 1 unspecified atom stereocenters. The lowest BCUT2D eigenvalue weighted by atomic mass is 10.2. The third-order valence-electron chi connectivity index (χ3n) is 5.00. The SMILES string of the molecule is C#C/C(=C\C=C(/C)S(=O)(=O)N1CCC(NC)C1)CNC(=O)c1cnc2[nH]ncc2c1. The number of terminal acetylenes is 1. The summed E-state index contributed by atoms with van der Waals surface area (Å²) in [5.74, 6) is 2.14. The molecule has 0 bridgehead atoms. The maximum absolute atomic E-state index is 12.7. The Morgan fingerprint density at radius 2 is 2.23 bits per heavy atom. The Labute approximate surface area is 175 Å². The fraction of sp³-hybridized carbons (Fsp3) is 0.350. The lowest BCUT2D eigenvalue weighted by molar-refractivity contribution is 0.0957. The van der Waals surface area contributed by atoms with Crippen LogP contribution >= 0.6 is 0 Å². The highest BCUT2D eigenvalue weighted by molar-refractivity contribution is 7.93. The van der Waals surface area contributed by atoms with Crippen LogP contribution in [-0.4, -0.2) is 66.5 Å². The first-order valence-corrected chi connectivity index (χ1v) is 10.9. The van der Waals surface area contributed by atoms with E-state index >= 15 is 0 Å². The normalized spacial score (nSPS) is 18.5. The average Bonchev–Trinajstić information content (AvgIpc) is 3.42. The highest BCUT2D eigenvalue weighted by atomic mass is 32.2. The number of amides is 1. The quantitative estimate of drug-likeness (QED) is 0.443. The highest BCUT2D eigenvalue weighted by Gasteiger charge is 2.31. The van der Waals surface area contributed by atoms with Gasteiger partial charge >= 0.3 is 0 Å². The summed E-state index contributed by atoms with van der Waals surface area (Å²) < 4.78 is 26.9. The number of pyridine rings is 1. The number of H-pyrrole nitrogens is 1. The molecule has 1 fully saturated rings. The van der Waals surface area contributed by atoms with E-state index in [1.165, 1.54) is 29.6 Å². The Hall–Kier alpha value is -3.00. The Bertz CT molecular complexity index is 1140. The third-order valence-corrected chi connectivity index (χ3v) is 6.96. The van der Waals surface area contributed by atoms with Crippen LogP contribution < -0.4 is 10.6 Å². The van der Waals surface area contributed by atoms with Crippen molar-refractivity contribution < 1.29 is 13.2 Å². The van der Waals surface area contributed by atoms with Gasteiger partial charge in [0.05, 0.1) is 23.2 Å². The van der Waals surface area contributed by atoms with Crippen molar-refractivity contribution >= 4 is 27.0 Å². The van der Waals surface area contributed by atoms with E-state index in [-0.39, 0.29) is 23.4 Å². The minimum absolute atomic E-state index is 0.0914. The molecule has 158 valence electrons. The van der Waals surface area contributed by atoms with Gasteiger partial charge in [0, 0.05) is 36.3 Å². The van der Waals surface area contributed by atoms with Crippen molar-refractivity contribution in [1.82, 2.24) is 30.1 Å². The van der Waals surface area contributed by atoms with Crippen molar-refractivity contribution in [1.29, 1.82) is 0 Å². The summed E-state index contributed by atoms with van der Waals surface area (Å²) in [6.07, 6.45) is 12.3. The minimum atomic E-state index is -3.54. The van der Waals surface area contributed by atoms with Gasteiger partial charge in [-0.25, -0.2) is 13.4 Å². The fourth-order valence-corrected chi connectivity index (χ4v) is 4.46. The standard InChI is InChI=1S/C20H24N6O3S/c1-4-15(6-5-14(2)30(28,29)26-8-7-18(13-26)21-3)10-23-20(27)17-9-16-12-24-25-19(16)22-11-17/h1,5-6,9,11-12,18,21H,7-8,10,13H2,2-3H3,(H,23,27)(H,22,24,25)/b14-5+,15-6+. The van der Waals surface area contributed by atoms with Gasteiger partial charge in [0.15, 0.2) is 5.65 Å². The zero-order valence-corrected chi connectivity index (χ0v) is 17.7. The Balaban J connectivity index is 1.64. The van der Waals surface area contributed by atoms with E-state index in [2.05, 4.69) is 31.7 Å². The third kappa shape index (κ3) is 4.76. The molecular weight excluding hydrogens is 404 g/mol. The van der Waals surface area contributed by atoms with E-state index in [9.17, 15) is 13.2 Å². The summed E-state index contributed by atoms with van der Waals surface area (Å²) in [5, 5.41) is 13.1. The largest absolute Gasteiger partial charge is 0.347 e. The van der Waals surface area contributed by atoms with Gasteiger partial charge in [-0.05, 0) is 38.6 Å². The number of carbonyl (C=O) groups is 1. The number of aromatic nitrogens is 3. The molecule has 2 aromatic rings. The van der Waals surface area contributed by atoms with E-state index < -0.39 is 10.0 Å². The molecule has 0 spiro atoms. The molecule has 1 aliphatic rings. The lowest BCUT2D eigenvalue weighted by Crippen LogP contribution is -2.33. The maximum Gasteiger partial charge on any atom is 0.253 e. The van der Waals surface area contributed by atoms with E-state index in [4.69, 9.17) is 6.42 Å². The molecule has 3 rings (SSSR count). The van der Waals surface area contributed by atoms with Crippen molar-refractivity contribution in [2.45, 2.75) is 19.4 Å². The van der Waals surface area contributed by atoms with E-state index in [1.807, 2.05) is 7.05 Å². The Morgan fingerprint density at radius 3 is 2.93 bits per heavy atom. The smallest absolute Gasteiger partial charge is 0.253 e. The van der Waals surface area contributed by atoms with Gasteiger partial charge in [-0.1, -0.05) is 5.92 Å². The molecule has 30 heavy (non-hydrogen) atoms. The molecule has 0 aliphatic carbocycles. The van der Waals surface area contributed by atoms with Crippen molar-refractivity contribution in [3.05, 3.63) is 46.7 Å². The molecule has 0 radical (unpaired) electrons. The first-order valence-electron chi connectivity index (χ1n) is 9.44. The molecule has 1 amide bonds. The molecule has 9 nitrogen and oxygen atoms in total. The minimum Gasteiger partial charge on any atom is -0.347 e. The molecule has 0 aromatic carbocycles. The van der Waals surface area contributed by atoms with Crippen LogP contribution in [-0.2, 0) is 10.0 Å². The predicted octanol–water partition coefficient (Wildman–Crippen LogP) is 0.775. The lowest BCUT2D eigenvalue weighted by Gasteiger charge is -2.16. The van der Waals surface area contributed by atoms with Gasteiger partial charge in [0.25, 0.3) is 5.91 Å². The van der Waals surface area contributed by atoms with Crippen molar-refractivity contribution in [3.63, 3.8) is 0 Å². The topological polar surface area (TPSA) is 120 Å². The molecule has 1 atom stereocenters. The molecular formula is C20H24N6O3S. The van der Waals surface area contributed by atoms with Gasteiger partial charge in [-0.15, -0.1) is 6.42 Å². The summed E-state index contributed by atoms with van der Waals surface area (Å²) in [4.78, 5) is 16.7. The second kappa shape index (κ2) is 9.21. The molecule has 1 saturated heterocycles. The van der Waals surface area contributed by atoms with E-state index in [0.717, 1.165) is 11.8 Å². The molecule has 2 aromatic heterocycles. The fourth-order valence-electron chi connectivity index (χ4n) is 3.09. The Kier molecular flexibility index (Phi) is 6.66. The summed E-state index contributed by atoms with van der Waals surface area (Å²) in [7, 11) is -1.72. The van der Waals surface area contributed by atoms with E-state index in [1.54, 1.807) is 12.3 Å². The zero-order valence-electron chi connectivity index (χ0n) is 16.8. The number of fused-ring (bicyclic) bond motifs is 1. The maximum atomic E-state index is 12.7. The van der Waals surface area contributed by atoms with Crippen LogP contribution in [0.5, 0.6) is 0 Å². The average molecular weight is 429 g/mol. The monoisotopic (exact) mass is 428 g/mol. The molecule has 1 aliphatic heterocycles. The first-order chi connectivity index (χ1) is 14.3. The van der Waals surface area contributed by atoms with E-state index in [0.29, 0.717) is 29.9 Å². The summed E-state index contributed by atoms with van der Waals surface area (Å²) >= 11 is 0. The first kappa shape index (κ1) is 21.7. The van der Waals surface area contributed by atoms with Crippen LogP contribution in [0.2, 0.25) is 0 Å². The number of carbonyl (C=O) groups excluding carboxylic acids is 1. The van der Waals surface area contributed by atoms with Crippen LogP contribution in [0.25, 0.3) is 11.0 Å². The second-order valence-corrected chi connectivity index (χ2v) is 9.08. The number of allylic oxidation sites excluding steroid dienone is 3. The number of likely N-dealkylation sites (N-methyl/N-ethyl adjacent to an activating group) is 1. The van der Waals surface area contributed by atoms with Crippen LogP contribution in [0.15, 0.2) is 41.1 Å². The molecule has 3 heterocycles. The number of rotatable bonds is 7. The molecule has 0 saturated carbocycles. The number of hydrogen-bond acceptors (Lipinski definition) is 6. The highest BCUT2D eigenvalue weighted by Crippen LogP contribution is 2.19. The van der Waals surface area contributed by atoms with Gasteiger partial charge in [-0.3, -0.25) is 9.89 Å². The van der Waals surface area contributed by atoms with Crippen LogP contribution in [0.3, 0.4) is 0 Å². The van der Waals surface area contributed by atoms with Crippen LogP contribution in [0.1, 0.15) is 23.7 Å². The Morgan fingerprint density at radius 1 is 1.43 bits per heavy atom. The van der Waals surface area contributed by atoms with Gasteiger partial charge in [0.1, 0.15) is 0 Å². The van der Waals surface area contributed by atoms with Crippen molar-refractivity contribution in [3.8, 4) is 12.3 Å². The number of nitrogens with one attached hydrogen (secondary N) is 3.